The first-order valence-electron chi connectivity index (χ1n) is 4.63. The predicted molar refractivity (Wildman–Crippen MR) is 67.4 cm³/mol. The van der Waals surface area contributed by atoms with Crippen LogP contribution in [0.4, 0.5) is 0 Å². The van der Waals surface area contributed by atoms with Gasteiger partial charge in [0.15, 0.2) is 11.1 Å². The number of benzene rings is 1. The number of amidine groups is 1. The third-order valence-electron chi connectivity index (χ3n) is 1.79. The Kier molecular flexibility index (Phi) is 4.81. The van der Waals surface area contributed by atoms with E-state index in [0.717, 1.165) is 17.3 Å². The molecule has 0 aliphatic carbocycles. The van der Waals surface area contributed by atoms with Crippen molar-refractivity contribution in [3.05, 3.63) is 35.9 Å². The zero-order valence-corrected chi connectivity index (χ0v) is 9.45. The Bertz CT molecular complexity index is 376. The molecule has 6 N–H and O–H groups in total. The van der Waals surface area contributed by atoms with Gasteiger partial charge in [-0.3, -0.25) is 5.41 Å². The van der Waals surface area contributed by atoms with Gasteiger partial charge >= 0.3 is 0 Å². The molecule has 5 nitrogen and oxygen atoms in total. The summed E-state index contributed by atoms with van der Waals surface area (Å²) < 4.78 is 0. The number of aliphatic hydroxyl groups is 1. The highest BCUT2D eigenvalue weighted by Crippen LogP contribution is 2.18. The number of aliphatic hydroxyl groups excluding tert-OH is 1. The van der Waals surface area contributed by atoms with E-state index in [4.69, 9.17) is 16.9 Å². The minimum atomic E-state index is -0.624. The predicted octanol–water partition coefficient (Wildman–Crippen LogP) is 0.661. The number of nitrogens with one attached hydrogen (secondary N) is 1. The number of nitrogens with zero attached hydrogens (tertiary/aromatic N) is 1. The lowest BCUT2D eigenvalue weighted by molar-refractivity contribution is 0.204. The summed E-state index contributed by atoms with van der Waals surface area (Å²) in [5.74, 6) is 0.200. The Hall–Kier alpha value is -1.53. The van der Waals surface area contributed by atoms with Crippen molar-refractivity contribution in [3.63, 3.8) is 0 Å². The van der Waals surface area contributed by atoms with Gasteiger partial charge in [0.25, 0.3) is 0 Å². The van der Waals surface area contributed by atoms with E-state index >= 15 is 0 Å². The molecule has 0 aliphatic rings. The maximum Gasteiger partial charge on any atom is 0.193 e. The van der Waals surface area contributed by atoms with E-state index in [0.29, 0.717) is 5.75 Å². The number of nitrogens with two attached hydrogens (primary N) is 2. The van der Waals surface area contributed by atoms with Crippen LogP contribution in [-0.4, -0.2) is 22.0 Å². The van der Waals surface area contributed by atoms with Crippen LogP contribution >= 0.6 is 11.8 Å². The number of guanidine groups is 1. The second-order valence-corrected chi connectivity index (χ2v) is 4.09. The minimum Gasteiger partial charge on any atom is -0.388 e. The molecule has 0 saturated carbocycles. The van der Waals surface area contributed by atoms with Crippen LogP contribution in [0.5, 0.6) is 0 Å². The molecule has 0 heterocycles. The van der Waals surface area contributed by atoms with Crippen LogP contribution < -0.4 is 11.5 Å². The fourth-order valence-corrected chi connectivity index (χ4v) is 1.76. The van der Waals surface area contributed by atoms with E-state index in [1.807, 2.05) is 30.3 Å². The molecule has 0 amide bonds. The minimum absolute atomic E-state index is 0.00465. The average Bonchev–Trinajstić information content (AvgIpc) is 2.26. The van der Waals surface area contributed by atoms with Gasteiger partial charge < -0.3 is 16.6 Å². The molecule has 1 rings (SSSR count). The maximum atomic E-state index is 9.78. The summed E-state index contributed by atoms with van der Waals surface area (Å²) in [6, 6.07) is 9.24. The normalized spacial score (nSPS) is 11.8. The van der Waals surface area contributed by atoms with Crippen molar-refractivity contribution in [2.45, 2.75) is 6.10 Å². The van der Waals surface area contributed by atoms with Crippen LogP contribution in [0.3, 0.4) is 0 Å². The van der Waals surface area contributed by atoms with Crippen molar-refractivity contribution in [1.82, 2.24) is 0 Å². The van der Waals surface area contributed by atoms with Gasteiger partial charge in [-0.25, -0.2) is 0 Å². The molecule has 6 heteroatoms. The zero-order valence-electron chi connectivity index (χ0n) is 8.63. The van der Waals surface area contributed by atoms with E-state index in [1.165, 1.54) is 0 Å². The molecule has 86 valence electrons. The SMILES string of the molecule is N=C(N=C(N)N)SCC(O)c1ccccc1. The molecular formula is C10H14N4OS. The molecule has 0 saturated heterocycles. The fraction of sp³-hybridized carbons (Fsp3) is 0.200. The van der Waals surface area contributed by atoms with Crippen molar-refractivity contribution in [3.8, 4) is 0 Å². The van der Waals surface area contributed by atoms with E-state index in [9.17, 15) is 5.11 Å². The lowest BCUT2D eigenvalue weighted by Crippen LogP contribution is -2.23. The van der Waals surface area contributed by atoms with E-state index in [-0.39, 0.29) is 11.1 Å². The highest BCUT2D eigenvalue weighted by Gasteiger charge is 2.08. The second-order valence-electron chi connectivity index (χ2n) is 3.08. The summed E-state index contributed by atoms with van der Waals surface area (Å²) >= 11 is 1.09. The van der Waals surface area contributed by atoms with Crippen molar-refractivity contribution in [1.29, 1.82) is 5.41 Å². The topological polar surface area (TPSA) is 108 Å². The molecule has 1 atom stereocenters. The van der Waals surface area contributed by atoms with E-state index in [1.54, 1.807) is 0 Å². The third-order valence-corrected chi connectivity index (χ3v) is 2.64. The largest absolute Gasteiger partial charge is 0.388 e. The summed E-state index contributed by atoms with van der Waals surface area (Å²) in [6.07, 6.45) is -0.624. The summed E-state index contributed by atoms with van der Waals surface area (Å²) in [7, 11) is 0. The van der Waals surface area contributed by atoms with Crippen LogP contribution in [0.25, 0.3) is 0 Å². The molecular weight excluding hydrogens is 224 g/mol. The van der Waals surface area contributed by atoms with E-state index < -0.39 is 6.10 Å². The molecule has 1 aromatic carbocycles. The van der Waals surface area contributed by atoms with Crippen LogP contribution in [0.15, 0.2) is 35.3 Å². The smallest absolute Gasteiger partial charge is 0.193 e. The molecule has 1 aromatic rings. The van der Waals surface area contributed by atoms with Crippen molar-refractivity contribution in [2.24, 2.45) is 16.5 Å². The Morgan fingerprint density at radius 2 is 2.00 bits per heavy atom. The molecule has 0 bridgehead atoms. The fourth-order valence-electron chi connectivity index (χ4n) is 1.08. The Morgan fingerprint density at radius 1 is 1.38 bits per heavy atom. The lowest BCUT2D eigenvalue weighted by Gasteiger charge is -2.09. The third kappa shape index (κ3) is 4.33. The van der Waals surface area contributed by atoms with Gasteiger partial charge in [-0.2, -0.15) is 4.99 Å². The van der Waals surface area contributed by atoms with Crippen molar-refractivity contribution >= 4 is 22.9 Å². The van der Waals surface area contributed by atoms with Gasteiger partial charge in [0.1, 0.15) is 0 Å². The summed E-state index contributed by atoms with van der Waals surface area (Å²) in [6.45, 7) is 0. The first-order chi connectivity index (χ1) is 7.59. The number of aliphatic imine (C=N–C) groups is 1. The Morgan fingerprint density at radius 3 is 2.56 bits per heavy atom. The number of rotatable bonds is 3. The van der Waals surface area contributed by atoms with Gasteiger partial charge in [0, 0.05) is 5.75 Å². The van der Waals surface area contributed by atoms with Crippen molar-refractivity contribution in [2.75, 3.05) is 5.75 Å². The van der Waals surface area contributed by atoms with Gasteiger partial charge in [0.2, 0.25) is 0 Å². The average molecular weight is 238 g/mol. The van der Waals surface area contributed by atoms with Gasteiger partial charge in [-0.1, -0.05) is 42.1 Å². The van der Waals surface area contributed by atoms with Crippen molar-refractivity contribution < 1.29 is 5.11 Å². The molecule has 0 aromatic heterocycles. The van der Waals surface area contributed by atoms with Gasteiger partial charge in [-0.05, 0) is 5.56 Å². The zero-order chi connectivity index (χ0) is 12.0. The number of thioether (sulfide) groups is 1. The molecule has 1 unspecified atom stereocenters. The van der Waals surface area contributed by atoms with Gasteiger partial charge in [-0.15, -0.1) is 0 Å². The highest BCUT2D eigenvalue weighted by molar-refractivity contribution is 8.13. The number of hydrogen-bond acceptors (Lipinski definition) is 3. The lowest BCUT2D eigenvalue weighted by atomic mass is 10.1. The Labute approximate surface area is 98.1 Å². The Balaban J connectivity index is 2.45. The first-order valence-corrected chi connectivity index (χ1v) is 5.62. The second kappa shape index (κ2) is 6.14. The number of hydrogen-bond donors (Lipinski definition) is 4. The molecule has 0 fully saturated rings. The molecule has 16 heavy (non-hydrogen) atoms. The quantitative estimate of drug-likeness (QED) is 0.458. The molecule has 0 radical (unpaired) electrons. The summed E-state index contributed by atoms with van der Waals surface area (Å²) in [5.41, 5.74) is 11.1. The van der Waals surface area contributed by atoms with Crippen LogP contribution in [0.2, 0.25) is 0 Å². The first kappa shape index (κ1) is 12.5. The van der Waals surface area contributed by atoms with E-state index in [2.05, 4.69) is 4.99 Å². The molecule has 0 spiro atoms. The maximum absolute atomic E-state index is 9.78. The van der Waals surface area contributed by atoms with Gasteiger partial charge in [0.05, 0.1) is 6.10 Å². The monoisotopic (exact) mass is 238 g/mol. The highest BCUT2D eigenvalue weighted by atomic mass is 32.2. The standard InChI is InChI=1S/C10H14N4OS/c11-9(12)14-10(13)16-6-8(15)7-4-2-1-3-5-7/h1-5,8,15H,6H2,(H5,11,12,13,14). The molecule has 0 aliphatic heterocycles. The summed E-state index contributed by atoms with van der Waals surface area (Å²) in [4.78, 5) is 3.55. The van der Waals surface area contributed by atoms with Crippen LogP contribution in [0, 0.1) is 5.41 Å². The summed E-state index contributed by atoms with van der Waals surface area (Å²) in [5, 5.41) is 17.1. The van der Waals surface area contributed by atoms with Crippen LogP contribution in [-0.2, 0) is 0 Å². The van der Waals surface area contributed by atoms with Crippen LogP contribution in [0.1, 0.15) is 11.7 Å².